The van der Waals surface area contributed by atoms with Crippen molar-refractivity contribution in [1.82, 2.24) is 4.72 Å². The van der Waals surface area contributed by atoms with Crippen LogP contribution in [0.15, 0.2) is 172 Å². The van der Waals surface area contributed by atoms with Crippen LogP contribution in [0.25, 0.3) is 11.1 Å². The molecule has 778 valence electrons. The van der Waals surface area contributed by atoms with E-state index in [2.05, 4.69) is 120 Å². The van der Waals surface area contributed by atoms with Crippen LogP contribution in [0.2, 0.25) is 0 Å². The fourth-order valence-corrected chi connectivity index (χ4v) is 29.5. The molecule has 24 nitrogen and oxygen atoms in total. The van der Waals surface area contributed by atoms with E-state index < -0.39 is 142 Å². The van der Waals surface area contributed by atoms with E-state index >= 15 is 0 Å². The van der Waals surface area contributed by atoms with E-state index in [0.29, 0.717) is 125 Å². The Hall–Kier alpha value is -6.73. The van der Waals surface area contributed by atoms with Crippen LogP contribution in [-0.4, -0.2) is 129 Å². The first-order valence-corrected chi connectivity index (χ1v) is 58.5. The molecule has 9 N–H and O–H groups in total. The van der Waals surface area contributed by atoms with Gasteiger partial charge in [0.25, 0.3) is 0 Å². The Morgan fingerprint density at radius 1 is 0.542 bits per heavy atom. The molecule has 2 heterocycles. The average molecular weight is 2430 g/mol. The fourth-order valence-electron chi connectivity index (χ4n) is 18.1. The van der Waals surface area contributed by atoms with Gasteiger partial charge in [0.05, 0.1) is 101 Å². The molecule has 142 heavy (non-hydrogen) atoms. The Bertz CT molecular complexity index is 6550. The molecule has 5 saturated carbocycles. The van der Waals surface area contributed by atoms with Crippen molar-refractivity contribution >= 4 is 178 Å². The van der Waals surface area contributed by atoms with E-state index in [1.165, 1.54) is 55.5 Å². The Kier molecular flexibility index (Phi) is 45.6. The number of sulfone groups is 4. The van der Waals surface area contributed by atoms with Gasteiger partial charge >= 0.3 is 32.3 Å². The summed E-state index contributed by atoms with van der Waals surface area (Å²) in [6, 6.07) is 46.3. The number of hydrogen-bond donors (Lipinski definition) is 6. The molecule has 0 aromatic heterocycles. The van der Waals surface area contributed by atoms with Gasteiger partial charge in [-0.15, -0.1) is 12.4 Å². The third-order valence-electron chi connectivity index (χ3n) is 26.2. The molecule has 2 aliphatic heterocycles. The summed E-state index contributed by atoms with van der Waals surface area (Å²) in [5, 5.41) is 62.7. The topological polar surface area (TPSA) is 457 Å². The molecule has 5 fully saturated rings. The third-order valence-corrected chi connectivity index (χ3v) is 41.5. The molecule has 0 unspecified atom stereocenters. The van der Waals surface area contributed by atoms with E-state index in [4.69, 9.17) is 43.0 Å². The SMILES string of the molecule is C.CC(=N[S@](=O)C(C)(C)C)c1cc(Br)ccc1F.CC(C)(C)[S@@](=O)N[C@@](C)(CCC1(C#N)CCCC1)c1cc(Br)ccc1F.CS(=O)(=O)C1(C#N)CCCC1.C[C@@]1(c2cc(-c3cccc(C#N)c3)ccc2F)CS(=O)(=O)C2(CCCC2)C(N)=N1.C[C@@]1(c2cc(Br)ccc2F)CS(=O)(=O)C2(CCCC2)C(N)=N1.C[C@](N)(CS(=O)(=O)C1(C#N)CCCC1)c1cc(Br)ccc1F.Cl.N#Cc1cccc(B(O)O)c1.[Cl][Cu]. The van der Waals surface area contributed by atoms with Gasteiger partial charge in [0.2, 0.25) is 0 Å². The second-order valence-electron chi connectivity index (χ2n) is 39.0. The van der Waals surface area contributed by atoms with Crippen LogP contribution >= 0.6 is 86.2 Å². The molecule has 5 aliphatic carbocycles. The van der Waals surface area contributed by atoms with Crippen LogP contribution in [0.4, 0.5) is 22.0 Å². The predicted octanol–water partition coefficient (Wildman–Crippen LogP) is 21.0. The summed E-state index contributed by atoms with van der Waals surface area (Å²) in [7, 11) is -14.1. The molecule has 0 radical (unpaired) electrons. The Morgan fingerprint density at radius 3 is 1.35 bits per heavy atom. The Morgan fingerprint density at radius 2 is 0.930 bits per heavy atom. The van der Waals surface area contributed by atoms with E-state index in [-0.39, 0.29) is 76.8 Å². The van der Waals surface area contributed by atoms with Crippen LogP contribution < -0.4 is 27.4 Å². The number of nitrogens with two attached hydrogens (primary N) is 3. The molecule has 0 amide bonds. The second-order valence-corrected chi connectivity index (χ2v) is 55.7. The van der Waals surface area contributed by atoms with Gasteiger partial charge in [-0.1, -0.05) is 166 Å². The number of hydrogen-bond acceptors (Lipinski definition) is 22. The Balaban J connectivity index is 0.000000297. The van der Waals surface area contributed by atoms with Crippen molar-refractivity contribution in [3.8, 4) is 41.5 Å². The van der Waals surface area contributed by atoms with Gasteiger partial charge in [-0.2, -0.15) is 30.7 Å². The van der Waals surface area contributed by atoms with Crippen LogP contribution in [0.3, 0.4) is 0 Å². The summed E-state index contributed by atoms with van der Waals surface area (Å²) < 4.78 is 201. The minimum atomic E-state index is -3.78. The average Bonchev–Trinajstić information content (AvgIpc) is 1.46. The normalized spacial score (nSPS) is 20.8. The van der Waals surface area contributed by atoms with Crippen molar-refractivity contribution in [1.29, 1.82) is 26.3 Å². The van der Waals surface area contributed by atoms with Crippen LogP contribution in [0.1, 0.15) is 264 Å². The van der Waals surface area contributed by atoms with Crippen molar-refractivity contribution in [3.05, 3.63) is 225 Å². The second kappa shape index (κ2) is 51.5. The van der Waals surface area contributed by atoms with Crippen molar-refractivity contribution < 1.29 is 89.2 Å². The van der Waals surface area contributed by atoms with E-state index in [9.17, 15) is 74.6 Å². The van der Waals surface area contributed by atoms with Gasteiger partial charge in [-0.05, 0) is 279 Å². The molecular weight excluding hydrogens is 2300 g/mol. The maximum atomic E-state index is 14.9. The Labute approximate surface area is 892 Å². The molecule has 6 atom stereocenters. The summed E-state index contributed by atoms with van der Waals surface area (Å²) in [5.74, 6) is -2.96. The molecule has 2 spiro atoms. The summed E-state index contributed by atoms with van der Waals surface area (Å²) in [6.07, 6.45) is 16.3. The van der Waals surface area contributed by atoms with Gasteiger partial charge in [-0.3, -0.25) is 9.98 Å². The van der Waals surface area contributed by atoms with Crippen LogP contribution in [-0.2, 0) is 98.6 Å². The van der Waals surface area contributed by atoms with Gasteiger partial charge < -0.3 is 27.2 Å². The number of nitriles is 5. The summed E-state index contributed by atoms with van der Waals surface area (Å²) in [4.78, 5) is 9.04. The predicted molar refractivity (Wildman–Crippen MR) is 570 cm³/mol. The third kappa shape index (κ3) is 30.6. The zero-order chi connectivity index (χ0) is 105. The van der Waals surface area contributed by atoms with Crippen LogP contribution in [0, 0.1) is 91.2 Å². The minimum absolute atomic E-state index is 0. The molecule has 14 rings (SSSR count). The first kappa shape index (κ1) is 126. The maximum absolute atomic E-state index is 14.9. The zero-order valence-electron chi connectivity index (χ0n) is 80.3. The molecule has 7 aliphatic rings. The molecular formula is C99H123BBr4Cl2CuF5N12O12S6. The fraction of sp³-hybridized carbons (Fsp3) is 0.495. The first-order chi connectivity index (χ1) is 65.0. The number of halogens is 11. The van der Waals surface area contributed by atoms with Gasteiger partial charge in [0.1, 0.15) is 72.3 Å². The number of nitrogens with one attached hydrogen (secondary N) is 1. The summed E-state index contributed by atoms with van der Waals surface area (Å²) >= 11 is 16.9. The monoisotopic (exact) mass is 2420 g/mol. The number of amidine groups is 2. The zero-order valence-corrected chi connectivity index (χ0v) is 94.0. The van der Waals surface area contributed by atoms with Gasteiger partial charge in [0, 0.05) is 52.0 Å². The molecule has 43 heteroatoms. The van der Waals surface area contributed by atoms with Crippen LogP contribution in [0.5, 0.6) is 0 Å². The van der Waals surface area contributed by atoms with Crippen molar-refractivity contribution in [3.63, 3.8) is 0 Å². The quantitative estimate of drug-likeness (QED) is 0.0280. The van der Waals surface area contributed by atoms with E-state index in [1.807, 2.05) is 72.7 Å². The molecule has 7 aromatic rings. The molecule has 0 saturated heterocycles. The number of nitrogens with zero attached hydrogens (tertiary/aromatic N) is 8. The van der Waals surface area contributed by atoms with Crippen molar-refractivity contribution in [2.45, 2.75) is 275 Å². The van der Waals surface area contributed by atoms with E-state index in [0.717, 1.165) is 85.0 Å². The molecule has 0 bridgehead atoms. The molecule has 7 aromatic carbocycles. The number of aliphatic imine (C=N–C) groups is 2. The van der Waals surface area contributed by atoms with E-state index in [1.54, 1.807) is 106 Å². The van der Waals surface area contributed by atoms with Gasteiger partial charge in [0.15, 0.2) is 48.8 Å². The van der Waals surface area contributed by atoms with Crippen molar-refractivity contribution in [2.75, 3.05) is 23.5 Å². The number of rotatable bonds is 17. The first-order valence-electron chi connectivity index (χ1n) is 44.9. The van der Waals surface area contributed by atoms with Crippen molar-refractivity contribution in [2.24, 2.45) is 37.0 Å². The van der Waals surface area contributed by atoms with Gasteiger partial charge in [-0.25, -0.2) is 68.8 Å². The standard InChI is InChI=1S/C22H22FN3O2S.C20H28BrFN2OS.2C15H18BrFN2O2S.C12H15BrFNOS.C7H6BNO2.C7H11NO2S.CH4.2ClH.Cu/c1-21(14-29(27,28)22(20(25)26-21)9-2-3-10-22)18-12-17(7-8-19(18)23)16-6-4-5-15(11-16)13-24;1-18(2,3)26(25)24-19(4,16-13-15(21)7-8-17(16)22)11-12-20(14-23)9-5-6-10-20;1-14(11-8-10(16)4-5-12(11)17)9-22(20,21)15(13(18)19-14)6-2-3-7-15;1-14(19,12-8-11(16)4-5-13(12)17)10-22(20,21)15(9-18)6-2-3-7-15;1-8(15-17(16)12(2,3)4)10-7-9(13)5-6-11(10)14;9-5-6-2-1-3-7(4-6)8(10)11;1-11(9,10)7(6-8)4-2-3-5-7;;;;/h4-8,11-12H,2-3,9-10,14H2,1H3,(H2,25,26);7-8,13,24H,5-6,9-12H2,1-4H3;4-5,8H,2-3,6-7,9H2,1H3,(H2,18,19);4-5,8H,2-3,6-7,10,19H2,1H3;5-7H,1-4H3;1-4,10-11H;2-5H2,1H3;1H4;2*1H;/q;;;;;;;;;;+1/p-1/t21-;19-,26+;2*14-;17-;;;;;;/m00001....../s1. The summed E-state index contributed by atoms with van der Waals surface area (Å²) in [5.41, 5.74) is 17.9. The number of benzene rings is 7. The summed E-state index contributed by atoms with van der Waals surface area (Å²) in [6.45, 7) is 19.4.